The molecule has 2 amide bonds. The molecule has 20 heavy (non-hydrogen) atoms. The van der Waals surface area contributed by atoms with E-state index in [2.05, 4.69) is 5.32 Å². The van der Waals surface area contributed by atoms with Crippen LogP contribution in [0.4, 0.5) is 23.7 Å². The van der Waals surface area contributed by atoms with Crippen LogP contribution in [-0.2, 0) is 4.79 Å². The zero-order valence-corrected chi connectivity index (χ0v) is 10.8. The van der Waals surface area contributed by atoms with Gasteiger partial charge in [-0.25, -0.2) is 9.59 Å². The number of nitrogens with one attached hydrogen (secondary N) is 2. The molecule has 0 bridgehead atoms. The summed E-state index contributed by atoms with van der Waals surface area (Å²) < 4.78 is 38.0. The largest absolute Gasteiger partial charge is 0.479 e. The molecule has 1 aromatic rings. The van der Waals surface area contributed by atoms with E-state index >= 15 is 0 Å². The van der Waals surface area contributed by atoms with Gasteiger partial charge in [0.15, 0.2) is 0 Å². The molecule has 5 nitrogen and oxygen atoms in total. The minimum atomic E-state index is -5.14. The lowest BCUT2D eigenvalue weighted by atomic mass is 10.0. The van der Waals surface area contributed by atoms with Crippen LogP contribution in [0.5, 0.6) is 0 Å². The van der Waals surface area contributed by atoms with Crippen molar-refractivity contribution < 1.29 is 27.9 Å². The number of carbonyl (C=O) groups is 2. The molecule has 0 saturated carbocycles. The lowest BCUT2D eigenvalue weighted by Crippen LogP contribution is -2.62. The molecule has 1 aromatic carbocycles. The summed E-state index contributed by atoms with van der Waals surface area (Å²) in [5.74, 6) is -2.21. The Morgan fingerprint density at radius 1 is 1.20 bits per heavy atom. The number of carboxylic acid groups (broad SMARTS) is 1. The van der Waals surface area contributed by atoms with Gasteiger partial charge in [0.2, 0.25) is 5.54 Å². The van der Waals surface area contributed by atoms with E-state index in [1.54, 1.807) is 0 Å². The first kappa shape index (κ1) is 16.1. The quantitative estimate of drug-likeness (QED) is 0.803. The van der Waals surface area contributed by atoms with Gasteiger partial charge in [-0.15, -0.1) is 0 Å². The number of halogens is 4. The Bertz CT molecular complexity index is 519. The van der Waals surface area contributed by atoms with Crippen molar-refractivity contribution in [2.75, 3.05) is 5.32 Å². The molecule has 3 N–H and O–H groups in total. The average Bonchev–Trinajstić information content (AvgIpc) is 2.30. The molecular formula is C11H10ClF3N2O3. The fourth-order valence-corrected chi connectivity index (χ4v) is 1.29. The van der Waals surface area contributed by atoms with Crippen molar-refractivity contribution in [2.45, 2.75) is 18.6 Å². The van der Waals surface area contributed by atoms with E-state index in [-0.39, 0.29) is 5.69 Å². The predicted molar refractivity (Wildman–Crippen MR) is 65.7 cm³/mol. The monoisotopic (exact) mass is 310 g/mol. The first-order valence-corrected chi connectivity index (χ1v) is 5.59. The number of amides is 2. The van der Waals surface area contributed by atoms with Crippen LogP contribution >= 0.6 is 11.6 Å². The molecule has 0 aliphatic heterocycles. The van der Waals surface area contributed by atoms with Crippen LogP contribution in [0.25, 0.3) is 0 Å². The minimum absolute atomic E-state index is 0.168. The first-order chi connectivity index (χ1) is 9.06. The van der Waals surface area contributed by atoms with E-state index < -0.39 is 23.7 Å². The molecule has 0 aromatic heterocycles. The fourth-order valence-electron chi connectivity index (χ4n) is 1.17. The van der Waals surface area contributed by atoms with Gasteiger partial charge >= 0.3 is 18.2 Å². The molecule has 0 spiro atoms. The smallest absolute Gasteiger partial charge is 0.422 e. The Hall–Kier alpha value is -1.96. The van der Waals surface area contributed by atoms with E-state index in [0.717, 1.165) is 0 Å². The Labute approximate surface area is 116 Å². The number of carbonyl (C=O) groups excluding carboxylic acids is 1. The lowest BCUT2D eigenvalue weighted by Gasteiger charge is -2.28. The van der Waals surface area contributed by atoms with Crippen LogP contribution < -0.4 is 10.6 Å². The van der Waals surface area contributed by atoms with Gasteiger partial charge in [-0.3, -0.25) is 0 Å². The van der Waals surface area contributed by atoms with E-state index in [9.17, 15) is 22.8 Å². The molecule has 0 fully saturated rings. The van der Waals surface area contributed by atoms with Gasteiger partial charge in [0.25, 0.3) is 0 Å². The van der Waals surface area contributed by atoms with Crippen molar-refractivity contribution in [3.05, 3.63) is 29.3 Å². The second-order valence-corrected chi connectivity index (χ2v) is 4.45. The Morgan fingerprint density at radius 3 is 2.10 bits per heavy atom. The maximum Gasteiger partial charge on any atom is 0.422 e. The minimum Gasteiger partial charge on any atom is -0.479 e. The lowest BCUT2D eigenvalue weighted by molar-refractivity contribution is -0.203. The van der Waals surface area contributed by atoms with Crippen LogP contribution in [0.15, 0.2) is 24.3 Å². The molecule has 0 radical (unpaired) electrons. The number of hydrogen-bond donors (Lipinski definition) is 3. The van der Waals surface area contributed by atoms with Crippen LogP contribution in [-0.4, -0.2) is 28.8 Å². The third-order valence-electron chi connectivity index (χ3n) is 2.46. The van der Waals surface area contributed by atoms with Crippen molar-refractivity contribution in [1.82, 2.24) is 5.32 Å². The van der Waals surface area contributed by atoms with E-state index in [4.69, 9.17) is 16.7 Å². The normalized spacial score (nSPS) is 14.2. The van der Waals surface area contributed by atoms with Gasteiger partial charge < -0.3 is 15.7 Å². The number of rotatable bonds is 3. The van der Waals surface area contributed by atoms with Gasteiger partial charge in [0.05, 0.1) is 0 Å². The van der Waals surface area contributed by atoms with Crippen LogP contribution in [0.1, 0.15) is 6.92 Å². The zero-order chi connectivity index (χ0) is 15.6. The van der Waals surface area contributed by atoms with E-state index in [1.807, 2.05) is 0 Å². The second-order valence-electron chi connectivity index (χ2n) is 4.01. The summed E-state index contributed by atoms with van der Waals surface area (Å²) >= 11 is 5.60. The Morgan fingerprint density at radius 2 is 1.70 bits per heavy atom. The van der Waals surface area contributed by atoms with Gasteiger partial charge in [-0.05, 0) is 31.2 Å². The van der Waals surface area contributed by atoms with E-state index in [1.165, 1.54) is 29.6 Å². The first-order valence-electron chi connectivity index (χ1n) is 5.21. The second kappa shape index (κ2) is 5.58. The van der Waals surface area contributed by atoms with E-state index in [0.29, 0.717) is 11.9 Å². The number of urea groups is 1. The van der Waals surface area contributed by atoms with Crippen LogP contribution in [0.2, 0.25) is 5.02 Å². The number of carboxylic acids is 1. The zero-order valence-electron chi connectivity index (χ0n) is 10.1. The van der Waals surface area contributed by atoms with Crippen molar-refractivity contribution in [3.8, 4) is 0 Å². The molecule has 0 heterocycles. The summed E-state index contributed by atoms with van der Waals surface area (Å²) in [6.45, 7) is 0.358. The highest BCUT2D eigenvalue weighted by atomic mass is 35.5. The average molecular weight is 311 g/mol. The molecular weight excluding hydrogens is 301 g/mol. The highest BCUT2D eigenvalue weighted by Gasteiger charge is 2.58. The molecule has 1 unspecified atom stereocenters. The molecule has 1 atom stereocenters. The van der Waals surface area contributed by atoms with Crippen LogP contribution in [0.3, 0.4) is 0 Å². The highest BCUT2D eigenvalue weighted by Crippen LogP contribution is 2.30. The summed E-state index contributed by atoms with van der Waals surface area (Å²) in [5.41, 5.74) is -3.22. The van der Waals surface area contributed by atoms with Gasteiger partial charge in [0.1, 0.15) is 0 Å². The SMILES string of the molecule is CC(NC(=O)Nc1ccc(Cl)cc1)(C(=O)O)C(F)(F)F. The van der Waals surface area contributed by atoms with Crippen molar-refractivity contribution in [3.63, 3.8) is 0 Å². The maximum atomic E-state index is 12.7. The summed E-state index contributed by atoms with van der Waals surface area (Å²) in [7, 11) is 0. The summed E-state index contributed by atoms with van der Waals surface area (Å²) in [6, 6.07) is 4.24. The fraction of sp³-hybridized carbons (Fsp3) is 0.273. The molecule has 0 aliphatic carbocycles. The molecule has 110 valence electrons. The summed E-state index contributed by atoms with van der Waals surface area (Å²) in [4.78, 5) is 22.2. The molecule has 1 rings (SSSR count). The molecule has 0 saturated heterocycles. The highest BCUT2D eigenvalue weighted by molar-refractivity contribution is 6.30. The third kappa shape index (κ3) is 3.53. The number of anilines is 1. The summed E-state index contributed by atoms with van der Waals surface area (Å²) in [5, 5.41) is 12.5. The van der Waals surface area contributed by atoms with Crippen molar-refractivity contribution >= 4 is 29.3 Å². The maximum absolute atomic E-state index is 12.7. The van der Waals surface area contributed by atoms with Crippen LogP contribution in [0, 0.1) is 0 Å². The van der Waals surface area contributed by atoms with Gasteiger partial charge in [0, 0.05) is 10.7 Å². The number of benzene rings is 1. The van der Waals surface area contributed by atoms with Gasteiger partial charge in [-0.2, -0.15) is 13.2 Å². The standard InChI is InChI=1S/C11H10ClF3N2O3/c1-10(8(18)19,11(13,14)15)17-9(20)16-7-4-2-6(12)3-5-7/h2-5H,1H3,(H,18,19)(H2,16,17,20). The number of aliphatic carboxylic acids is 1. The number of alkyl halides is 3. The van der Waals surface area contributed by atoms with Crippen molar-refractivity contribution in [2.24, 2.45) is 0 Å². The predicted octanol–water partition coefficient (Wildman–Crippen LogP) is 2.87. The summed E-state index contributed by atoms with van der Waals surface area (Å²) in [6.07, 6.45) is -5.14. The Balaban J connectivity index is 2.83. The molecule has 9 heteroatoms. The topological polar surface area (TPSA) is 78.4 Å². The van der Waals surface area contributed by atoms with Crippen molar-refractivity contribution in [1.29, 1.82) is 0 Å². The third-order valence-corrected chi connectivity index (χ3v) is 2.71. The Kier molecular flexibility index (Phi) is 4.49. The number of hydrogen-bond acceptors (Lipinski definition) is 2. The van der Waals surface area contributed by atoms with Gasteiger partial charge in [-0.1, -0.05) is 11.6 Å². The molecule has 0 aliphatic rings.